The highest BCUT2D eigenvalue weighted by atomic mass is 15.0. The van der Waals surface area contributed by atoms with E-state index in [9.17, 15) is 0 Å². The summed E-state index contributed by atoms with van der Waals surface area (Å²) in [6.07, 6.45) is 4.09. The van der Waals surface area contributed by atoms with Gasteiger partial charge in [-0.2, -0.15) is 0 Å². The van der Waals surface area contributed by atoms with E-state index in [1.165, 1.54) is 6.33 Å². The van der Waals surface area contributed by atoms with Crippen molar-refractivity contribution in [2.24, 2.45) is 0 Å². The third-order valence-corrected chi connectivity index (χ3v) is 2.74. The van der Waals surface area contributed by atoms with Crippen LogP contribution in [0.5, 0.6) is 0 Å². The molecule has 2 aromatic rings. The summed E-state index contributed by atoms with van der Waals surface area (Å²) in [6, 6.07) is 1.82. The van der Waals surface area contributed by atoms with Gasteiger partial charge in [0.25, 0.3) is 0 Å². The molecule has 2 rings (SSSR count). The number of anilines is 1. The predicted molar refractivity (Wildman–Crippen MR) is 71.3 cm³/mol. The van der Waals surface area contributed by atoms with Gasteiger partial charge in [-0.1, -0.05) is 6.92 Å². The molecular formula is C13H17N5. The van der Waals surface area contributed by atoms with Crippen molar-refractivity contribution in [2.45, 2.75) is 27.2 Å². The lowest BCUT2D eigenvalue weighted by Gasteiger charge is -2.11. The molecule has 0 saturated heterocycles. The molecule has 0 spiro atoms. The van der Waals surface area contributed by atoms with E-state index in [4.69, 9.17) is 0 Å². The molecule has 1 N–H and O–H groups in total. The third kappa shape index (κ3) is 2.45. The smallest absolute Gasteiger partial charge is 0.180 e. The summed E-state index contributed by atoms with van der Waals surface area (Å²) in [5.41, 5.74) is 2.91. The Morgan fingerprint density at radius 3 is 2.67 bits per heavy atom. The topological polar surface area (TPSA) is 63.6 Å². The monoisotopic (exact) mass is 243 g/mol. The van der Waals surface area contributed by atoms with Crippen LogP contribution < -0.4 is 5.32 Å². The lowest BCUT2D eigenvalue weighted by atomic mass is 10.2. The number of nitrogens with one attached hydrogen (secondary N) is 1. The van der Waals surface area contributed by atoms with Crippen molar-refractivity contribution in [2.75, 3.05) is 11.9 Å². The number of aromatic nitrogens is 4. The quantitative estimate of drug-likeness (QED) is 0.892. The largest absolute Gasteiger partial charge is 0.370 e. The van der Waals surface area contributed by atoms with Crippen molar-refractivity contribution in [3.05, 3.63) is 29.8 Å². The second kappa shape index (κ2) is 5.53. The average Bonchev–Trinajstić information content (AvgIpc) is 2.42. The van der Waals surface area contributed by atoms with Crippen LogP contribution in [0, 0.1) is 6.92 Å². The summed E-state index contributed by atoms with van der Waals surface area (Å²) in [4.78, 5) is 17.2. The van der Waals surface area contributed by atoms with Gasteiger partial charge in [0.15, 0.2) is 5.82 Å². The Balaban J connectivity index is 2.52. The molecule has 2 aromatic heterocycles. The van der Waals surface area contributed by atoms with E-state index < -0.39 is 0 Å². The Hall–Kier alpha value is -2.04. The zero-order chi connectivity index (χ0) is 13.0. The molecule has 0 bridgehead atoms. The van der Waals surface area contributed by atoms with Gasteiger partial charge in [-0.3, -0.25) is 0 Å². The molecule has 0 radical (unpaired) electrons. The molecular weight excluding hydrogens is 226 g/mol. The zero-order valence-corrected chi connectivity index (χ0v) is 10.9. The minimum Gasteiger partial charge on any atom is -0.370 e. The van der Waals surface area contributed by atoms with Gasteiger partial charge in [-0.05, 0) is 26.3 Å². The van der Waals surface area contributed by atoms with Crippen molar-refractivity contribution in [1.29, 1.82) is 0 Å². The minimum atomic E-state index is 0.649. The predicted octanol–water partition coefficient (Wildman–Crippen LogP) is 2.24. The van der Waals surface area contributed by atoms with Crippen LogP contribution in [-0.2, 0) is 6.42 Å². The second-order valence-corrected chi connectivity index (χ2v) is 3.95. The molecule has 0 atom stereocenters. The van der Waals surface area contributed by atoms with E-state index in [-0.39, 0.29) is 0 Å². The van der Waals surface area contributed by atoms with E-state index in [1.54, 1.807) is 6.20 Å². The van der Waals surface area contributed by atoms with Gasteiger partial charge in [0.1, 0.15) is 17.8 Å². The lowest BCUT2D eigenvalue weighted by molar-refractivity contribution is 0.962. The van der Waals surface area contributed by atoms with Crippen LogP contribution in [0.2, 0.25) is 0 Å². The number of aryl methyl sites for hydroxylation is 1. The summed E-state index contributed by atoms with van der Waals surface area (Å²) in [6.45, 7) is 7.02. The molecule has 2 heterocycles. The molecule has 0 amide bonds. The number of hydrogen-bond donors (Lipinski definition) is 1. The summed E-state index contributed by atoms with van der Waals surface area (Å²) < 4.78 is 0. The van der Waals surface area contributed by atoms with Crippen LogP contribution in [0.25, 0.3) is 11.5 Å². The SMILES string of the molecule is CCNc1nc(-c2ccncn2)nc(CC)c1C. The number of hydrogen-bond acceptors (Lipinski definition) is 5. The standard InChI is InChI=1S/C13H17N5/c1-4-10-9(3)12(15-5-2)18-13(17-10)11-6-7-14-8-16-11/h6-8H,4-5H2,1-3H3,(H,15,17,18). The molecule has 94 valence electrons. The van der Waals surface area contributed by atoms with Crippen LogP contribution >= 0.6 is 0 Å². The molecule has 5 nitrogen and oxygen atoms in total. The van der Waals surface area contributed by atoms with Crippen LogP contribution in [-0.4, -0.2) is 26.5 Å². The van der Waals surface area contributed by atoms with E-state index in [0.717, 1.165) is 35.7 Å². The summed E-state index contributed by atoms with van der Waals surface area (Å²) in [5, 5.41) is 3.27. The van der Waals surface area contributed by atoms with Crippen LogP contribution in [0.15, 0.2) is 18.6 Å². The maximum absolute atomic E-state index is 4.56. The second-order valence-electron chi connectivity index (χ2n) is 3.95. The highest BCUT2D eigenvalue weighted by Crippen LogP contribution is 2.20. The van der Waals surface area contributed by atoms with Crippen LogP contribution in [0.3, 0.4) is 0 Å². The Morgan fingerprint density at radius 1 is 1.22 bits per heavy atom. The maximum atomic E-state index is 4.56. The summed E-state index contributed by atoms with van der Waals surface area (Å²) >= 11 is 0. The number of rotatable bonds is 4. The van der Waals surface area contributed by atoms with Crippen molar-refractivity contribution in [3.8, 4) is 11.5 Å². The first kappa shape index (κ1) is 12.4. The fourth-order valence-electron chi connectivity index (χ4n) is 1.78. The fraction of sp³-hybridized carbons (Fsp3) is 0.385. The van der Waals surface area contributed by atoms with Crippen LogP contribution in [0.1, 0.15) is 25.1 Å². The van der Waals surface area contributed by atoms with Crippen LogP contribution in [0.4, 0.5) is 5.82 Å². The maximum Gasteiger partial charge on any atom is 0.180 e. The van der Waals surface area contributed by atoms with Gasteiger partial charge in [-0.25, -0.2) is 19.9 Å². The Bertz CT molecular complexity index is 524. The molecule has 5 heteroatoms. The first-order valence-electron chi connectivity index (χ1n) is 6.14. The normalized spacial score (nSPS) is 10.4. The highest BCUT2D eigenvalue weighted by Gasteiger charge is 2.11. The molecule has 0 aliphatic heterocycles. The van der Waals surface area contributed by atoms with E-state index >= 15 is 0 Å². The zero-order valence-electron chi connectivity index (χ0n) is 10.9. The van der Waals surface area contributed by atoms with E-state index in [2.05, 4.69) is 39.1 Å². The number of nitrogens with zero attached hydrogens (tertiary/aromatic N) is 4. The fourth-order valence-corrected chi connectivity index (χ4v) is 1.78. The first-order valence-corrected chi connectivity index (χ1v) is 6.14. The van der Waals surface area contributed by atoms with E-state index in [1.807, 2.05) is 13.0 Å². The van der Waals surface area contributed by atoms with Crippen molar-refractivity contribution < 1.29 is 0 Å². The molecule has 0 aromatic carbocycles. The van der Waals surface area contributed by atoms with Gasteiger partial charge in [0.05, 0.1) is 0 Å². The third-order valence-electron chi connectivity index (χ3n) is 2.74. The Morgan fingerprint density at radius 2 is 2.06 bits per heavy atom. The highest BCUT2D eigenvalue weighted by molar-refractivity contribution is 5.55. The Kier molecular flexibility index (Phi) is 3.82. The lowest BCUT2D eigenvalue weighted by Crippen LogP contribution is -2.08. The van der Waals surface area contributed by atoms with Gasteiger partial charge < -0.3 is 5.32 Å². The molecule has 0 aliphatic carbocycles. The minimum absolute atomic E-state index is 0.649. The van der Waals surface area contributed by atoms with Gasteiger partial charge in [0.2, 0.25) is 0 Å². The van der Waals surface area contributed by atoms with Gasteiger partial charge in [-0.15, -0.1) is 0 Å². The first-order chi connectivity index (χ1) is 8.76. The summed E-state index contributed by atoms with van der Waals surface area (Å²) in [5.74, 6) is 1.54. The van der Waals surface area contributed by atoms with Crippen molar-refractivity contribution in [3.63, 3.8) is 0 Å². The van der Waals surface area contributed by atoms with Crippen molar-refractivity contribution in [1.82, 2.24) is 19.9 Å². The molecule has 0 aliphatic rings. The van der Waals surface area contributed by atoms with E-state index in [0.29, 0.717) is 5.82 Å². The summed E-state index contributed by atoms with van der Waals surface area (Å²) in [7, 11) is 0. The molecule has 18 heavy (non-hydrogen) atoms. The Labute approximate surface area is 107 Å². The molecule has 0 unspecified atom stereocenters. The molecule has 0 fully saturated rings. The van der Waals surface area contributed by atoms with Gasteiger partial charge >= 0.3 is 0 Å². The van der Waals surface area contributed by atoms with Crippen molar-refractivity contribution >= 4 is 5.82 Å². The average molecular weight is 243 g/mol. The molecule has 0 saturated carbocycles. The van der Waals surface area contributed by atoms with Gasteiger partial charge in [0, 0.05) is 24.0 Å².